The number of aromatic nitrogens is 1. The van der Waals surface area contributed by atoms with E-state index in [1.54, 1.807) is 11.3 Å². The van der Waals surface area contributed by atoms with Crippen molar-refractivity contribution >= 4 is 11.3 Å². The Bertz CT molecular complexity index is 505. The molecule has 0 atom stereocenters. The fourth-order valence-corrected chi connectivity index (χ4v) is 2.90. The highest BCUT2D eigenvalue weighted by Crippen LogP contribution is 2.29. The van der Waals surface area contributed by atoms with E-state index in [9.17, 15) is 0 Å². The van der Waals surface area contributed by atoms with Crippen molar-refractivity contribution in [3.05, 3.63) is 40.4 Å². The first-order valence-corrected chi connectivity index (χ1v) is 6.66. The van der Waals surface area contributed by atoms with Gasteiger partial charge in [0.05, 0.1) is 5.69 Å². The third kappa shape index (κ3) is 2.93. The largest absolute Gasteiger partial charge is 0.396 e. The van der Waals surface area contributed by atoms with E-state index >= 15 is 0 Å². The third-order valence-electron chi connectivity index (χ3n) is 2.72. The summed E-state index contributed by atoms with van der Waals surface area (Å²) in [6.07, 6.45) is 1.74. The minimum absolute atomic E-state index is 0.247. The maximum absolute atomic E-state index is 8.86. The van der Waals surface area contributed by atoms with Crippen molar-refractivity contribution < 1.29 is 5.11 Å². The summed E-state index contributed by atoms with van der Waals surface area (Å²) in [4.78, 5) is 5.90. The fourth-order valence-electron chi connectivity index (χ4n) is 1.80. The van der Waals surface area contributed by atoms with Gasteiger partial charge in [0.15, 0.2) is 0 Å². The van der Waals surface area contributed by atoms with Crippen molar-refractivity contribution in [2.45, 2.75) is 26.7 Å². The second-order valence-corrected chi connectivity index (χ2v) is 5.31. The molecule has 90 valence electrons. The highest BCUT2D eigenvalue weighted by molar-refractivity contribution is 7.15. The van der Waals surface area contributed by atoms with E-state index in [-0.39, 0.29) is 6.61 Å². The van der Waals surface area contributed by atoms with Gasteiger partial charge < -0.3 is 5.11 Å². The van der Waals surface area contributed by atoms with E-state index in [0.717, 1.165) is 23.5 Å². The molecule has 0 radical (unpaired) electrons. The summed E-state index contributed by atoms with van der Waals surface area (Å²) in [6.45, 7) is 4.39. The first kappa shape index (κ1) is 12.3. The Kier molecular flexibility index (Phi) is 3.92. The van der Waals surface area contributed by atoms with Crippen LogP contribution in [0.3, 0.4) is 0 Å². The van der Waals surface area contributed by atoms with Crippen LogP contribution in [0.1, 0.15) is 22.6 Å². The summed E-state index contributed by atoms with van der Waals surface area (Å²) in [5.41, 5.74) is 3.54. The summed E-state index contributed by atoms with van der Waals surface area (Å²) >= 11 is 1.74. The van der Waals surface area contributed by atoms with Crippen molar-refractivity contribution in [3.8, 4) is 10.6 Å². The molecular formula is C14H17NOS. The Balaban J connectivity index is 2.28. The number of benzene rings is 1. The number of rotatable bonds is 4. The van der Waals surface area contributed by atoms with Gasteiger partial charge in [0.1, 0.15) is 5.01 Å². The quantitative estimate of drug-likeness (QED) is 0.898. The summed E-state index contributed by atoms with van der Waals surface area (Å²) in [7, 11) is 0. The zero-order valence-corrected chi connectivity index (χ0v) is 11.0. The smallest absolute Gasteiger partial charge is 0.123 e. The Labute approximate surface area is 106 Å². The lowest BCUT2D eigenvalue weighted by molar-refractivity contribution is 0.289. The van der Waals surface area contributed by atoms with Crippen LogP contribution in [-0.2, 0) is 6.42 Å². The predicted molar refractivity (Wildman–Crippen MR) is 72.4 cm³/mol. The zero-order chi connectivity index (χ0) is 12.3. The molecule has 0 aliphatic carbocycles. The van der Waals surface area contributed by atoms with Gasteiger partial charge in [-0.15, -0.1) is 11.3 Å². The highest BCUT2D eigenvalue weighted by Gasteiger charge is 2.08. The first-order valence-electron chi connectivity index (χ1n) is 5.85. The number of aliphatic hydroxyl groups excluding tert-OH is 1. The fraction of sp³-hybridized carbons (Fsp3) is 0.357. The molecular weight excluding hydrogens is 230 g/mol. The molecule has 0 saturated heterocycles. The number of aliphatic hydroxyl groups is 1. The van der Waals surface area contributed by atoms with Crippen molar-refractivity contribution in [2.24, 2.45) is 0 Å². The van der Waals surface area contributed by atoms with E-state index in [4.69, 9.17) is 5.11 Å². The van der Waals surface area contributed by atoms with Crippen LogP contribution < -0.4 is 0 Å². The van der Waals surface area contributed by atoms with Crippen LogP contribution in [0, 0.1) is 13.8 Å². The molecule has 2 nitrogen and oxygen atoms in total. The minimum Gasteiger partial charge on any atom is -0.396 e. The number of hydrogen-bond acceptors (Lipinski definition) is 3. The van der Waals surface area contributed by atoms with Gasteiger partial charge >= 0.3 is 0 Å². The lowest BCUT2D eigenvalue weighted by Crippen LogP contribution is -1.88. The van der Waals surface area contributed by atoms with E-state index in [1.807, 2.05) is 6.92 Å². The van der Waals surface area contributed by atoms with Crippen LogP contribution in [0.2, 0.25) is 0 Å². The molecule has 1 aromatic heterocycles. The first-order chi connectivity index (χ1) is 8.20. The molecule has 0 aliphatic rings. The molecule has 0 aliphatic heterocycles. The monoisotopic (exact) mass is 247 g/mol. The van der Waals surface area contributed by atoms with Crippen LogP contribution in [-0.4, -0.2) is 16.7 Å². The average molecular weight is 247 g/mol. The highest BCUT2D eigenvalue weighted by atomic mass is 32.1. The second-order valence-electron chi connectivity index (χ2n) is 4.22. The molecule has 17 heavy (non-hydrogen) atoms. The standard InChI is InChI=1S/C14H17NOS/c1-10-5-3-6-12(9-10)14-15-11(2)13(17-14)7-4-8-16/h3,5-6,9,16H,4,7-8H2,1-2H3. The maximum Gasteiger partial charge on any atom is 0.123 e. The van der Waals surface area contributed by atoms with E-state index in [1.165, 1.54) is 16.0 Å². The summed E-state index contributed by atoms with van der Waals surface area (Å²) < 4.78 is 0. The maximum atomic E-state index is 8.86. The van der Waals surface area contributed by atoms with Crippen LogP contribution in [0.15, 0.2) is 24.3 Å². The van der Waals surface area contributed by atoms with Gasteiger partial charge in [0, 0.05) is 17.0 Å². The van der Waals surface area contributed by atoms with Gasteiger partial charge in [-0.25, -0.2) is 4.98 Å². The van der Waals surface area contributed by atoms with Crippen molar-refractivity contribution in [1.29, 1.82) is 0 Å². The average Bonchev–Trinajstić information content (AvgIpc) is 2.68. The number of thiazole rings is 1. The van der Waals surface area contributed by atoms with Gasteiger partial charge in [-0.05, 0) is 32.8 Å². The predicted octanol–water partition coefficient (Wildman–Crippen LogP) is 3.35. The Morgan fingerprint density at radius 1 is 1.29 bits per heavy atom. The normalized spacial score (nSPS) is 10.8. The molecule has 1 aromatic carbocycles. The Morgan fingerprint density at radius 2 is 2.12 bits per heavy atom. The summed E-state index contributed by atoms with van der Waals surface area (Å²) in [5, 5.41) is 9.95. The Morgan fingerprint density at radius 3 is 2.82 bits per heavy atom. The third-order valence-corrected chi connectivity index (χ3v) is 3.99. The van der Waals surface area contributed by atoms with Crippen LogP contribution >= 0.6 is 11.3 Å². The molecule has 0 bridgehead atoms. The second kappa shape index (κ2) is 5.43. The molecule has 0 fully saturated rings. The molecule has 0 saturated carbocycles. The number of hydrogen-bond donors (Lipinski definition) is 1. The van der Waals surface area contributed by atoms with Crippen molar-refractivity contribution in [3.63, 3.8) is 0 Å². The summed E-state index contributed by atoms with van der Waals surface area (Å²) in [5.74, 6) is 0. The van der Waals surface area contributed by atoms with Gasteiger partial charge in [0.25, 0.3) is 0 Å². The van der Waals surface area contributed by atoms with Gasteiger partial charge in [-0.3, -0.25) is 0 Å². The summed E-state index contributed by atoms with van der Waals surface area (Å²) in [6, 6.07) is 8.42. The lowest BCUT2D eigenvalue weighted by Gasteiger charge is -1.97. The molecule has 0 amide bonds. The van der Waals surface area contributed by atoms with Crippen molar-refractivity contribution in [2.75, 3.05) is 6.61 Å². The van der Waals surface area contributed by atoms with E-state index in [0.29, 0.717) is 0 Å². The number of nitrogens with zero attached hydrogens (tertiary/aromatic N) is 1. The molecule has 2 rings (SSSR count). The molecule has 2 aromatic rings. The molecule has 3 heteroatoms. The van der Waals surface area contributed by atoms with Gasteiger partial charge in [-0.2, -0.15) is 0 Å². The minimum atomic E-state index is 0.247. The topological polar surface area (TPSA) is 33.1 Å². The van der Waals surface area contributed by atoms with Crippen molar-refractivity contribution in [1.82, 2.24) is 4.98 Å². The molecule has 0 spiro atoms. The van der Waals surface area contributed by atoms with Crippen LogP contribution in [0.5, 0.6) is 0 Å². The van der Waals surface area contributed by atoms with Gasteiger partial charge in [-0.1, -0.05) is 23.8 Å². The SMILES string of the molecule is Cc1cccc(-c2nc(C)c(CCCO)s2)c1. The molecule has 1 N–H and O–H groups in total. The molecule has 0 unspecified atom stereocenters. The van der Waals surface area contributed by atoms with E-state index < -0.39 is 0 Å². The number of aryl methyl sites for hydroxylation is 3. The van der Waals surface area contributed by atoms with Crippen LogP contribution in [0.4, 0.5) is 0 Å². The lowest BCUT2D eigenvalue weighted by atomic mass is 10.1. The zero-order valence-electron chi connectivity index (χ0n) is 10.2. The van der Waals surface area contributed by atoms with Gasteiger partial charge in [0.2, 0.25) is 0 Å². The van der Waals surface area contributed by atoms with E-state index in [2.05, 4.69) is 36.2 Å². The van der Waals surface area contributed by atoms with Crippen LogP contribution in [0.25, 0.3) is 10.6 Å². The molecule has 1 heterocycles. The Hall–Kier alpha value is -1.19.